The van der Waals surface area contributed by atoms with Crippen molar-refractivity contribution in [3.8, 4) is 0 Å². The summed E-state index contributed by atoms with van der Waals surface area (Å²) in [7, 11) is 0. The van der Waals surface area contributed by atoms with Crippen molar-refractivity contribution < 1.29 is 15.0 Å². The van der Waals surface area contributed by atoms with Gasteiger partial charge >= 0.3 is 6.09 Å². The fraction of sp³-hybridized carbons (Fsp3) is 0.636. The predicted octanol–water partition coefficient (Wildman–Crippen LogP) is 0.867. The van der Waals surface area contributed by atoms with Crippen LogP contribution in [-0.4, -0.2) is 45.3 Å². The standard InChI is InChI=1S/C11H17N3O3S/c15-7-9-5-12-10(18-9)6-14-3-1-8(2-4-14)13-11(16)17/h5,8,13,15H,1-4,6-7H2,(H,16,17). The van der Waals surface area contributed by atoms with Gasteiger partial charge in [-0.15, -0.1) is 11.3 Å². The Morgan fingerprint density at radius 2 is 2.28 bits per heavy atom. The number of aliphatic hydroxyl groups excluding tert-OH is 1. The smallest absolute Gasteiger partial charge is 0.404 e. The van der Waals surface area contributed by atoms with E-state index in [9.17, 15) is 4.79 Å². The third-order valence-corrected chi connectivity index (χ3v) is 4.00. The number of aromatic nitrogens is 1. The number of nitrogens with zero attached hydrogens (tertiary/aromatic N) is 2. The quantitative estimate of drug-likeness (QED) is 0.756. The maximum atomic E-state index is 10.5. The third-order valence-electron chi connectivity index (χ3n) is 3.03. The molecule has 1 aliphatic rings. The van der Waals surface area contributed by atoms with Crippen LogP contribution in [0.1, 0.15) is 22.7 Å². The molecule has 2 heterocycles. The highest BCUT2D eigenvalue weighted by molar-refractivity contribution is 7.11. The Morgan fingerprint density at radius 1 is 1.56 bits per heavy atom. The van der Waals surface area contributed by atoms with Crippen molar-refractivity contribution in [3.05, 3.63) is 16.1 Å². The minimum atomic E-state index is -0.944. The molecule has 1 amide bonds. The zero-order chi connectivity index (χ0) is 13.0. The molecule has 100 valence electrons. The number of likely N-dealkylation sites (tertiary alicyclic amines) is 1. The molecular formula is C11H17N3O3S. The number of hydrogen-bond acceptors (Lipinski definition) is 5. The molecule has 0 atom stereocenters. The summed E-state index contributed by atoms with van der Waals surface area (Å²) in [6.07, 6.45) is 2.44. The van der Waals surface area contributed by atoms with E-state index in [0.29, 0.717) is 0 Å². The maximum absolute atomic E-state index is 10.5. The van der Waals surface area contributed by atoms with Crippen LogP contribution in [0.3, 0.4) is 0 Å². The fourth-order valence-corrected chi connectivity index (χ4v) is 2.92. The highest BCUT2D eigenvalue weighted by atomic mass is 32.1. The Balaban J connectivity index is 1.78. The Labute approximate surface area is 109 Å². The van der Waals surface area contributed by atoms with Crippen molar-refractivity contribution in [2.24, 2.45) is 0 Å². The van der Waals surface area contributed by atoms with E-state index in [2.05, 4.69) is 15.2 Å². The molecule has 1 fully saturated rings. The normalized spacial score (nSPS) is 17.8. The number of aliphatic hydroxyl groups is 1. The second kappa shape index (κ2) is 6.12. The lowest BCUT2D eigenvalue weighted by Crippen LogP contribution is -2.43. The molecule has 0 aliphatic carbocycles. The second-order valence-corrected chi connectivity index (χ2v) is 5.58. The number of carboxylic acid groups (broad SMARTS) is 1. The number of piperidine rings is 1. The van der Waals surface area contributed by atoms with Gasteiger partial charge in [0.25, 0.3) is 0 Å². The summed E-state index contributed by atoms with van der Waals surface area (Å²) < 4.78 is 0. The number of nitrogens with one attached hydrogen (secondary N) is 1. The second-order valence-electron chi connectivity index (χ2n) is 4.38. The molecule has 7 heteroatoms. The molecule has 0 bridgehead atoms. The molecule has 1 aliphatic heterocycles. The van der Waals surface area contributed by atoms with Gasteiger partial charge in [0, 0.05) is 25.3 Å². The van der Waals surface area contributed by atoms with Crippen molar-refractivity contribution in [1.82, 2.24) is 15.2 Å². The Bertz CT molecular complexity index is 402. The van der Waals surface area contributed by atoms with Gasteiger partial charge in [-0.2, -0.15) is 0 Å². The molecule has 1 saturated heterocycles. The largest absolute Gasteiger partial charge is 0.465 e. The number of rotatable bonds is 4. The van der Waals surface area contributed by atoms with E-state index >= 15 is 0 Å². The Hall–Kier alpha value is -1.18. The number of hydrogen-bond donors (Lipinski definition) is 3. The van der Waals surface area contributed by atoms with Crippen LogP contribution in [0.15, 0.2) is 6.20 Å². The van der Waals surface area contributed by atoms with Crippen LogP contribution < -0.4 is 5.32 Å². The van der Waals surface area contributed by atoms with Gasteiger partial charge < -0.3 is 15.5 Å². The zero-order valence-corrected chi connectivity index (χ0v) is 10.8. The zero-order valence-electron chi connectivity index (χ0n) is 10.0. The van der Waals surface area contributed by atoms with E-state index < -0.39 is 6.09 Å². The van der Waals surface area contributed by atoms with Gasteiger partial charge in [-0.1, -0.05) is 0 Å². The van der Waals surface area contributed by atoms with Crippen molar-refractivity contribution >= 4 is 17.4 Å². The Kier molecular flexibility index (Phi) is 4.51. The van der Waals surface area contributed by atoms with Crippen LogP contribution in [0.25, 0.3) is 0 Å². The number of amides is 1. The lowest BCUT2D eigenvalue weighted by atomic mass is 10.1. The van der Waals surface area contributed by atoms with Crippen LogP contribution in [0.2, 0.25) is 0 Å². The maximum Gasteiger partial charge on any atom is 0.404 e. The molecule has 3 N–H and O–H groups in total. The van der Waals surface area contributed by atoms with Gasteiger partial charge in [0.15, 0.2) is 0 Å². The van der Waals surface area contributed by atoms with Crippen molar-refractivity contribution in [1.29, 1.82) is 0 Å². The van der Waals surface area contributed by atoms with E-state index in [1.165, 1.54) is 11.3 Å². The fourth-order valence-electron chi connectivity index (χ4n) is 2.10. The Morgan fingerprint density at radius 3 is 2.83 bits per heavy atom. The average Bonchev–Trinajstić information content (AvgIpc) is 2.79. The first-order chi connectivity index (χ1) is 8.67. The van der Waals surface area contributed by atoms with Crippen LogP contribution in [0, 0.1) is 0 Å². The molecule has 0 unspecified atom stereocenters. The molecule has 1 aromatic heterocycles. The van der Waals surface area contributed by atoms with Gasteiger partial charge in [-0.3, -0.25) is 4.90 Å². The summed E-state index contributed by atoms with van der Waals surface area (Å²) in [6.45, 7) is 2.57. The first-order valence-electron chi connectivity index (χ1n) is 5.93. The first-order valence-corrected chi connectivity index (χ1v) is 6.75. The summed E-state index contributed by atoms with van der Waals surface area (Å²) in [5, 5.41) is 21.1. The van der Waals surface area contributed by atoms with E-state index in [1.54, 1.807) is 6.20 Å². The molecule has 1 aromatic rings. The average molecular weight is 271 g/mol. The van der Waals surface area contributed by atoms with Crippen molar-refractivity contribution in [3.63, 3.8) is 0 Å². The highest BCUT2D eigenvalue weighted by Crippen LogP contribution is 2.18. The lowest BCUT2D eigenvalue weighted by molar-refractivity contribution is 0.165. The molecule has 18 heavy (non-hydrogen) atoms. The van der Waals surface area contributed by atoms with Crippen LogP contribution >= 0.6 is 11.3 Å². The van der Waals surface area contributed by atoms with Crippen LogP contribution in [0.4, 0.5) is 4.79 Å². The lowest BCUT2D eigenvalue weighted by Gasteiger charge is -2.31. The summed E-state index contributed by atoms with van der Waals surface area (Å²) >= 11 is 1.53. The van der Waals surface area contributed by atoms with Gasteiger partial charge in [0.1, 0.15) is 5.01 Å². The van der Waals surface area contributed by atoms with Crippen LogP contribution in [-0.2, 0) is 13.2 Å². The molecular weight excluding hydrogens is 254 g/mol. The van der Waals surface area contributed by atoms with E-state index in [-0.39, 0.29) is 12.6 Å². The topological polar surface area (TPSA) is 85.7 Å². The first kappa shape index (κ1) is 13.3. The van der Waals surface area contributed by atoms with Crippen molar-refractivity contribution in [2.45, 2.75) is 32.0 Å². The molecule has 2 rings (SSSR count). The molecule has 6 nitrogen and oxygen atoms in total. The number of thiazole rings is 1. The molecule has 0 spiro atoms. The van der Waals surface area contributed by atoms with Gasteiger partial charge in [0.05, 0.1) is 18.0 Å². The summed E-state index contributed by atoms with van der Waals surface area (Å²) in [6, 6.07) is 0.0723. The minimum Gasteiger partial charge on any atom is -0.465 e. The molecule has 0 radical (unpaired) electrons. The van der Waals surface area contributed by atoms with E-state index in [4.69, 9.17) is 10.2 Å². The highest BCUT2D eigenvalue weighted by Gasteiger charge is 2.21. The summed E-state index contributed by atoms with van der Waals surface area (Å²) in [5.74, 6) is 0. The summed E-state index contributed by atoms with van der Waals surface area (Å²) in [4.78, 5) is 17.9. The monoisotopic (exact) mass is 271 g/mol. The number of carbonyl (C=O) groups is 1. The minimum absolute atomic E-state index is 0.0439. The van der Waals surface area contributed by atoms with E-state index in [0.717, 1.165) is 42.4 Å². The van der Waals surface area contributed by atoms with Gasteiger partial charge in [0.2, 0.25) is 0 Å². The third kappa shape index (κ3) is 3.66. The van der Waals surface area contributed by atoms with Gasteiger partial charge in [-0.25, -0.2) is 9.78 Å². The predicted molar refractivity (Wildman–Crippen MR) is 67.5 cm³/mol. The SMILES string of the molecule is O=C(O)NC1CCN(Cc2ncc(CO)s2)CC1. The van der Waals surface area contributed by atoms with Crippen molar-refractivity contribution in [2.75, 3.05) is 13.1 Å². The molecule has 0 saturated carbocycles. The summed E-state index contributed by atoms with van der Waals surface area (Å²) in [5.41, 5.74) is 0. The van der Waals surface area contributed by atoms with Crippen LogP contribution in [0.5, 0.6) is 0 Å². The van der Waals surface area contributed by atoms with E-state index in [1.807, 2.05) is 0 Å². The molecule has 0 aromatic carbocycles. The van der Waals surface area contributed by atoms with Gasteiger partial charge in [-0.05, 0) is 12.8 Å².